The van der Waals surface area contributed by atoms with Crippen LogP contribution in [0.1, 0.15) is 22.9 Å². The number of guanidine groups is 1. The highest BCUT2D eigenvalue weighted by Gasteiger charge is 2.23. The van der Waals surface area contributed by atoms with Gasteiger partial charge in [0.1, 0.15) is 11.5 Å². The molecule has 1 aliphatic rings. The molecule has 1 saturated heterocycles. The number of aliphatic imine (C=N–C) groups is 1. The predicted molar refractivity (Wildman–Crippen MR) is 140 cm³/mol. The molecule has 0 saturated carbocycles. The summed E-state index contributed by atoms with van der Waals surface area (Å²) in [5.74, 6) is 0.521. The Morgan fingerprint density at radius 3 is 2.64 bits per heavy atom. The molecule has 33 heavy (non-hydrogen) atoms. The predicted octanol–water partition coefficient (Wildman–Crippen LogP) is 3.18. The summed E-state index contributed by atoms with van der Waals surface area (Å²) in [5.41, 5.74) is 4.29. The van der Waals surface area contributed by atoms with E-state index in [0.29, 0.717) is 19.8 Å². The van der Waals surface area contributed by atoms with Gasteiger partial charge in [0.15, 0.2) is 5.96 Å². The number of aryl methyl sites for hydroxylation is 1. The molecule has 3 aromatic rings. The maximum atomic E-state index is 13.4. The molecule has 1 atom stereocenters. The van der Waals surface area contributed by atoms with Crippen LogP contribution >= 0.6 is 24.0 Å². The molecule has 0 bridgehead atoms. The zero-order chi connectivity index (χ0) is 22.3. The highest BCUT2D eigenvalue weighted by molar-refractivity contribution is 14.0. The molecule has 1 unspecified atom stereocenters. The lowest BCUT2D eigenvalue weighted by molar-refractivity contribution is 0.0170. The zero-order valence-electron chi connectivity index (χ0n) is 19.1. The number of nitrogens with one attached hydrogen (secondary N) is 2. The Balaban J connectivity index is 0.00000306. The smallest absolute Gasteiger partial charge is 0.191 e. The van der Waals surface area contributed by atoms with Crippen LogP contribution in [0.5, 0.6) is 0 Å². The third-order valence-electron chi connectivity index (χ3n) is 5.83. The van der Waals surface area contributed by atoms with Gasteiger partial charge in [0, 0.05) is 52.0 Å². The Morgan fingerprint density at radius 1 is 1.18 bits per heavy atom. The lowest BCUT2D eigenvalue weighted by atomic mass is 10.0. The third kappa shape index (κ3) is 6.64. The zero-order valence-corrected chi connectivity index (χ0v) is 21.5. The van der Waals surface area contributed by atoms with E-state index in [1.807, 2.05) is 24.4 Å². The number of aromatic nitrogens is 2. The number of benzene rings is 1. The van der Waals surface area contributed by atoms with Gasteiger partial charge in [-0.05, 0) is 36.2 Å². The Labute approximate surface area is 211 Å². The largest absolute Gasteiger partial charge is 0.379 e. The van der Waals surface area contributed by atoms with Gasteiger partial charge in [0.05, 0.1) is 24.9 Å². The second-order valence-corrected chi connectivity index (χ2v) is 8.00. The van der Waals surface area contributed by atoms with Crippen molar-refractivity contribution in [3.8, 4) is 0 Å². The molecule has 7 nitrogen and oxygen atoms in total. The first-order valence-electron chi connectivity index (χ1n) is 11.1. The number of morpholine rings is 1. The maximum Gasteiger partial charge on any atom is 0.191 e. The molecule has 1 aliphatic heterocycles. The van der Waals surface area contributed by atoms with Crippen LogP contribution in [0.25, 0.3) is 5.65 Å². The molecule has 1 aromatic carbocycles. The van der Waals surface area contributed by atoms with Crippen LogP contribution in [0, 0.1) is 12.7 Å². The van der Waals surface area contributed by atoms with Crippen LogP contribution in [0.4, 0.5) is 4.39 Å². The van der Waals surface area contributed by atoms with Gasteiger partial charge in [-0.15, -0.1) is 24.0 Å². The lowest BCUT2D eigenvalue weighted by Gasteiger charge is -2.35. The molecule has 9 heteroatoms. The molecule has 178 valence electrons. The molecule has 1 fully saturated rings. The standard InChI is InChI=1S/C24H31FN6O.HI/c1-18-4-3-11-31-17-21(29-23(18)31)9-10-27-24(26-2)28-16-22(30-12-14-32-15-13-30)19-5-7-20(25)8-6-19;/h3-8,11,17,22H,9-10,12-16H2,1-2H3,(H2,26,27,28);1H. The van der Waals surface area contributed by atoms with Gasteiger partial charge in [0.25, 0.3) is 0 Å². The summed E-state index contributed by atoms with van der Waals surface area (Å²) >= 11 is 0. The summed E-state index contributed by atoms with van der Waals surface area (Å²) in [6.45, 7) is 6.58. The number of rotatable bonds is 7. The van der Waals surface area contributed by atoms with Crippen LogP contribution < -0.4 is 10.6 Å². The first kappa shape index (κ1) is 25.4. The number of pyridine rings is 1. The van der Waals surface area contributed by atoms with Crippen molar-refractivity contribution in [3.05, 3.63) is 71.4 Å². The van der Waals surface area contributed by atoms with Crippen molar-refractivity contribution in [2.24, 2.45) is 4.99 Å². The SMILES string of the molecule is CN=C(NCCc1cn2cccc(C)c2n1)NCC(c1ccc(F)cc1)N1CCOCC1.I. The molecule has 0 radical (unpaired) electrons. The average Bonchev–Trinajstić information content (AvgIpc) is 3.24. The van der Waals surface area contributed by atoms with E-state index >= 15 is 0 Å². The number of fused-ring (bicyclic) bond motifs is 1. The van der Waals surface area contributed by atoms with Gasteiger partial charge in [-0.2, -0.15) is 0 Å². The van der Waals surface area contributed by atoms with Crippen LogP contribution in [-0.4, -0.2) is 66.7 Å². The van der Waals surface area contributed by atoms with Gasteiger partial charge in [0.2, 0.25) is 0 Å². The summed E-state index contributed by atoms with van der Waals surface area (Å²) in [6, 6.07) is 11.0. The van der Waals surface area contributed by atoms with E-state index in [-0.39, 0.29) is 35.8 Å². The van der Waals surface area contributed by atoms with Gasteiger partial charge in [-0.1, -0.05) is 18.2 Å². The van der Waals surface area contributed by atoms with Crippen molar-refractivity contribution in [3.63, 3.8) is 0 Å². The van der Waals surface area contributed by atoms with E-state index < -0.39 is 0 Å². The van der Waals surface area contributed by atoms with E-state index in [1.54, 1.807) is 7.05 Å². The molecule has 3 heterocycles. The van der Waals surface area contributed by atoms with Crippen molar-refractivity contribution in [1.82, 2.24) is 24.9 Å². The summed E-state index contributed by atoms with van der Waals surface area (Å²) in [6.07, 6.45) is 4.89. The molecular weight excluding hydrogens is 534 g/mol. The molecule has 4 rings (SSSR count). The minimum absolute atomic E-state index is 0. The van der Waals surface area contributed by atoms with Gasteiger partial charge >= 0.3 is 0 Å². The van der Waals surface area contributed by atoms with Crippen molar-refractivity contribution >= 4 is 35.6 Å². The van der Waals surface area contributed by atoms with Crippen molar-refractivity contribution in [2.45, 2.75) is 19.4 Å². The fourth-order valence-electron chi connectivity index (χ4n) is 4.08. The Kier molecular flexibility index (Phi) is 9.45. The molecule has 2 N–H and O–H groups in total. The summed E-state index contributed by atoms with van der Waals surface area (Å²) in [5, 5.41) is 6.82. The summed E-state index contributed by atoms with van der Waals surface area (Å²) < 4.78 is 21.0. The third-order valence-corrected chi connectivity index (χ3v) is 5.83. The van der Waals surface area contributed by atoms with E-state index in [1.165, 1.54) is 17.7 Å². The van der Waals surface area contributed by atoms with Crippen LogP contribution in [0.15, 0.2) is 53.8 Å². The number of halogens is 2. The summed E-state index contributed by atoms with van der Waals surface area (Å²) in [7, 11) is 1.77. The molecule has 0 aliphatic carbocycles. The second kappa shape index (κ2) is 12.3. The minimum Gasteiger partial charge on any atom is -0.379 e. The fourth-order valence-corrected chi connectivity index (χ4v) is 4.08. The second-order valence-electron chi connectivity index (χ2n) is 8.00. The van der Waals surface area contributed by atoms with E-state index in [2.05, 4.69) is 44.1 Å². The fraction of sp³-hybridized carbons (Fsp3) is 0.417. The average molecular weight is 566 g/mol. The van der Waals surface area contributed by atoms with E-state index in [0.717, 1.165) is 48.9 Å². The number of hydrogen-bond donors (Lipinski definition) is 2. The molecule has 2 aromatic heterocycles. The maximum absolute atomic E-state index is 13.4. The first-order valence-corrected chi connectivity index (χ1v) is 11.1. The lowest BCUT2D eigenvalue weighted by Crippen LogP contribution is -2.46. The molecular formula is C24H32FIN6O. The quantitative estimate of drug-likeness (QED) is 0.262. The highest BCUT2D eigenvalue weighted by atomic mass is 127. The topological polar surface area (TPSA) is 66.2 Å². The minimum atomic E-state index is -0.220. The van der Waals surface area contributed by atoms with Crippen molar-refractivity contribution in [2.75, 3.05) is 46.4 Å². The highest BCUT2D eigenvalue weighted by Crippen LogP contribution is 2.21. The normalized spacial score (nSPS) is 15.8. The van der Waals surface area contributed by atoms with Crippen LogP contribution in [-0.2, 0) is 11.2 Å². The number of nitrogens with zero attached hydrogens (tertiary/aromatic N) is 4. The Bertz CT molecular complexity index is 1050. The van der Waals surface area contributed by atoms with Crippen LogP contribution in [0.2, 0.25) is 0 Å². The number of ether oxygens (including phenoxy) is 1. The Hall–Kier alpha value is -2.24. The molecule has 0 amide bonds. The van der Waals surface area contributed by atoms with Gasteiger partial charge in [-0.3, -0.25) is 9.89 Å². The van der Waals surface area contributed by atoms with Gasteiger partial charge in [-0.25, -0.2) is 9.37 Å². The summed E-state index contributed by atoms with van der Waals surface area (Å²) in [4.78, 5) is 11.5. The number of hydrogen-bond acceptors (Lipinski definition) is 4. The van der Waals surface area contributed by atoms with Gasteiger partial charge < -0.3 is 19.8 Å². The first-order chi connectivity index (χ1) is 15.6. The van der Waals surface area contributed by atoms with E-state index in [4.69, 9.17) is 9.72 Å². The monoisotopic (exact) mass is 566 g/mol. The van der Waals surface area contributed by atoms with E-state index in [9.17, 15) is 4.39 Å². The van der Waals surface area contributed by atoms with Crippen LogP contribution in [0.3, 0.4) is 0 Å². The Morgan fingerprint density at radius 2 is 1.94 bits per heavy atom. The number of imidazole rings is 1. The van der Waals surface area contributed by atoms with Crippen molar-refractivity contribution in [1.29, 1.82) is 0 Å². The molecule has 0 spiro atoms. The van der Waals surface area contributed by atoms with Crippen molar-refractivity contribution < 1.29 is 9.13 Å².